The van der Waals surface area contributed by atoms with Gasteiger partial charge in [0, 0.05) is 27.0 Å². The summed E-state index contributed by atoms with van der Waals surface area (Å²) < 4.78 is 0. The number of carbonyl (C=O) groups is 1. The maximum atomic E-state index is 12.1. The van der Waals surface area contributed by atoms with Gasteiger partial charge in [0.2, 0.25) is 0 Å². The van der Waals surface area contributed by atoms with Gasteiger partial charge in [0.15, 0.2) is 0 Å². The van der Waals surface area contributed by atoms with E-state index in [0.29, 0.717) is 15.6 Å². The first-order valence-corrected chi connectivity index (χ1v) is 6.44. The minimum atomic E-state index is -0.117. The van der Waals surface area contributed by atoms with Crippen molar-refractivity contribution in [2.24, 2.45) is 0 Å². The van der Waals surface area contributed by atoms with Crippen molar-refractivity contribution in [2.45, 2.75) is 19.9 Å². The Labute approximate surface area is 116 Å². The van der Waals surface area contributed by atoms with Crippen molar-refractivity contribution in [1.82, 2.24) is 5.32 Å². The summed E-state index contributed by atoms with van der Waals surface area (Å²) in [5, 5.41) is 5.46. The lowest BCUT2D eigenvalue weighted by Crippen LogP contribution is -2.30. The SMILES string of the molecule is CC(C)NC(=O)c1ccc(Cl)c2c(Cl)cccc12. The molecular weight excluding hydrogens is 269 g/mol. The Morgan fingerprint density at radius 3 is 2.44 bits per heavy atom. The summed E-state index contributed by atoms with van der Waals surface area (Å²) in [5.41, 5.74) is 0.589. The summed E-state index contributed by atoms with van der Waals surface area (Å²) in [7, 11) is 0. The van der Waals surface area contributed by atoms with Crippen LogP contribution in [0.5, 0.6) is 0 Å². The maximum Gasteiger partial charge on any atom is 0.252 e. The van der Waals surface area contributed by atoms with E-state index in [1.165, 1.54) is 0 Å². The van der Waals surface area contributed by atoms with Gasteiger partial charge >= 0.3 is 0 Å². The van der Waals surface area contributed by atoms with E-state index in [2.05, 4.69) is 5.32 Å². The molecule has 0 radical (unpaired) electrons. The summed E-state index contributed by atoms with van der Waals surface area (Å²) in [6, 6.07) is 8.93. The number of amides is 1. The molecule has 0 bridgehead atoms. The number of hydrogen-bond acceptors (Lipinski definition) is 1. The molecule has 1 amide bonds. The highest BCUT2D eigenvalue weighted by atomic mass is 35.5. The molecule has 0 aliphatic rings. The predicted molar refractivity (Wildman–Crippen MR) is 76.6 cm³/mol. The third-order valence-electron chi connectivity index (χ3n) is 2.60. The maximum absolute atomic E-state index is 12.1. The molecular formula is C14H13Cl2NO. The first-order chi connectivity index (χ1) is 8.50. The Hall–Kier alpha value is -1.25. The van der Waals surface area contributed by atoms with Crippen molar-refractivity contribution in [3.05, 3.63) is 45.9 Å². The summed E-state index contributed by atoms with van der Waals surface area (Å²) in [4.78, 5) is 12.1. The molecule has 2 aromatic carbocycles. The molecule has 0 heterocycles. The van der Waals surface area contributed by atoms with Crippen LogP contribution >= 0.6 is 23.2 Å². The number of nitrogens with one attached hydrogen (secondary N) is 1. The van der Waals surface area contributed by atoms with Gasteiger partial charge in [-0.05, 0) is 37.4 Å². The third-order valence-corrected chi connectivity index (χ3v) is 3.23. The second-order valence-electron chi connectivity index (χ2n) is 4.39. The lowest BCUT2D eigenvalue weighted by Gasteiger charge is -2.12. The zero-order valence-electron chi connectivity index (χ0n) is 10.1. The molecule has 0 aromatic heterocycles. The normalized spacial score (nSPS) is 10.9. The van der Waals surface area contributed by atoms with E-state index >= 15 is 0 Å². The average molecular weight is 282 g/mol. The Morgan fingerprint density at radius 1 is 1.11 bits per heavy atom. The number of benzene rings is 2. The molecule has 2 rings (SSSR count). The molecule has 94 valence electrons. The highest BCUT2D eigenvalue weighted by Crippen LogP contribution is 2.32. The van der Waals surface area contributed by atoms with Crippen LogP contribution in [0.1, 0.15) is 24.2 Å². The molecule has 0 unspecified atom stereocenters. The fourth-order valence-corrected chi connectivity index (χ4v) is 2.45. The third kappa shape index (κ3) is 2.45. The van der Waals surface area contributed by atoms with Crippen molar-refractivity contribution in [2.75, 3.05) is 0 Å². The molecule has 2 aromatic rings. The molecule has 0 saturated heterocycles. The molecule has 18 heavy (non-hydrogen) atoms. The van der Waals surface area contributed by atoms with Crippen LogP contribution in [0.15, 0.2) is 30.3 Å². The summed E-state index contributed by atoms with van der Waals surface area (Å²) in [6.07, 6.45) is 0. The van der Waals surface area contributed by atoms with E-state index < -0.39 is 0 Å². The quantitative estimate of drug-likeness (QED) is 0.874. The van der Waals surface area contributed by atoms with Crippen LogP contribution in [-0.2, 0) is 0 Å². The van der Waals surface area contributed by atoms with Gasteiger partial charge in [-0.1, -0.05) is 35.3 Å². The smallest absolute Gasteiger partial charge is 0.252 e. The van der Waals surface area contributed by atoms with E-state index in [9.17, 15) is 4.79 Å². The van der Waals surface area contributed by atoms with Crippen LogP contribution in [0.25, 0.3) is 10.8 Å². The number of carbonyl (C=O) groups excluding carboxylic acids is 1. The second kappa shape index (κ2) is 5.17. The minimum Gasteiger partial charge on any atom is -0.350 e. The van der Waals surface area contributed by atoms with Gasteiger partial charge in [-0.3, -0.25) is 4.79 Å². The van der Waals surface area contributed by atoms with Crippen LogP contribution in [-0.4, -0.2) is 11.9 Å². The summed E-state index contributed by atoms with van der Waals surface area (Å²) in [5.74, 6) is -0.117. The fraction of sp³-hybridized carbons (Fsp3) is 0.214. The van der Waals surface area contributed by atoms with Crippen molar-refractivity contribution >= 4 is 39.9 Å². The Morgan fingerprint density at radius 2 is 1.78 bits per heavy atom. The lowest BCUT2D eigenvalue weighted by atomic mass is 10.0. The summed E-state index contributed by atoms with van der Waals surface area (Å²) in [6.45, 7) is 3.84. The Bertz CT molecular complexity index is 600. The molecule has 0 aliphatic carbocycles. The van der Waals surface area contributed by atoms with Gasteiger partial charge in [-0.25, -0.2) is 0 Å². The zero-order valence-corrected chi connectivity index (χ0v) is 11.6. The molecule has 0 atom stereocenters. The highest BCUT2D eigenvalue weighted by Gasteiger charge is 2.14. The minimum absolute atomic E-state index is 0.0856. The van der Waals surface area contributed by atoms with Gasteiger partial charge in [0.1, 0.15) is 0 Å². The van der Waals surface area contributed by atoms with Crippen molar-refractivity contribution in [3.8, 4) is 0 Å². The molecule has 0 aliphatic heterocycles. The monoisotopic (exact) mass is 281 g/mol. The largest absolute Gasteiger partial charge is 0.350 e. The number of rotatable bonds is 2. The van der Waals surface area contributed by atoms with Gasteiger partial charge in [0.05, 0.1) is 0 Å². The van der Waals surface area contributed by atoms with E-state index in [-0.39, 0.29) is 11.9 Å². The van der Waals surface area contributed by atoms with Gasteiger partial charge in [0.25, 0.3) is 5.91 Å². The highest BCUT2D eigenvalue weighted by molar-refractivity contribution is 6.42. The number of fused-ring (bicyclic) bond motifs is 1. The molecule has 1 N–H and O–H groups in total. The van der Waals surface area contributed by atoms with Gasteiger partial charge in [-0.2, -0.15) is 0 Å². The second-order valence-corrected chi connectivity index (χ2v) is 5.20. The van der Waals surface area contributed by atoms with Crippen molar-refractivity contribution in [3.63, 3.8) is 0 Å². The summed E-state index contributed by atoms with van der Waals surface area (Å²) >= 11 is 12.3. The van der Waals surface area contributed by atoms with Crippen LogP contribution in [0, 0.1) is 0 Å². The molecule has 4 heteroatoms. The number of hydrogen-bond donors (Lipinski definition) is 1. The average Bonchev–Trinajstić information content (AvgIpc) is 2.28. The van der Waals surface area contributed by atoms with Gasteiger partial charge in [-0.15, -0.1) is 0 Å². The fourth-order valence-electron chi connectivity index (χ4n) is 1.86. The van der Waals surface area contributed by atoms with E-state index in [1.807, 2.05) is 26.0 Å². The zero-order chi connectivity index (χ0) is 13.3. The Kier molecular flexibility index (Phi) is 3.79. The topological polar surface area (TPSA) is 29.1 Å². The van der Waals surface area contributed by atoms with Crippen LogP contribution < -0.4 is 5.32 Å². The molecule has 0 fully saturated rings. The van der Waals surface area contributed by atoms with E-state index in [1.54, 1.807) is 18.2 Å². The van der Waals surface area contributed by atoms with Crippen LogP contribution in [0.4, 0.5) is 0 Å². The molecule has 2 nitrogen and oxygen atoms in total. The van der Waals surface area contributed by atoms with Crippen LogP contribution in [0.2, 0.25) is 10.0 Å². The van der Waals surface area contributed by atoms with E-state index in [4.69, 9.17) is 23.2 Å². The number of halogens is 2. The predicted octanol–water partition coefficient (Wildman–Crippen LogP) is 4.28. The van der Waals surface area contributed by atoms with E-state index in [0.717, 1.165) is 10.8 Å². The molecule has 0 saturated carbocycles. The lowest BCUT2D eigenvalue weighted by molar-refractivity contribution is 0.0945. The van der Waals surface area contributed by atoms with Crippen LogP contribution in [0.3, 0.4) is 0 Å². The standard InChI is InChI=1S/C14H13Cl2NO/c1-8(2)17-14(18)10-6-7-12(16)13-9(10)4-3-5-11(13)15/h3-8H,1-2H3,(H,17,18). The Balaban J connectivity index is 2.63. The first-order valence-electron chi connectivity index (χ1n) is 5.68. The van der Waals surface area contributed by atoms with Crippen molar-refractivity contribution in [1.29, 1.82) is 0 Å². The molecule has 0 spiro atoms. The van der Waals surface area contributed by atoms with Gasteiger partial charge < -0.3 is 5.32 Å². The first kappa shape index (κ1) is 13.2. The van der Waals surface area contributed by atoms with Crippen molar-refractivity contribution < 1.29 is 4.79 Å².